The maximum atomic E-state index is 12.0. The van der Waals surface area contributed by atoms with Crippen LogP contribution in [0.4, 0.5) is 0 Å². The van der Waals surface area contributed by atoms with Gasteiger partial charge in [-0.1, -0.05) is 18.0 Å². The van der Waals surface area contributed by atoms with Crippen LogP contribution in [0.15, 0.2) is 24.3 Å². The molecule has 0 bridgehead atoms. The van der Waals surface area contributed by atoms with Crippen LogP contribution in [0.3, 0.4) is 0 Å². The third-order valence-corrected chi connectivity index (χ3v) is 3.64. The molecule has 1 aliphatic rings. The van der Waals surface area contributed by atoms with Crippen LogP contribution in [0, 0.1) is 5.92 Å². The Hall–Kier alpha value is -0.770. The molecule has 0 heterocycles. The van der Waals surface area contributed by atoms with Gasteiger partial charge in [-0.05, 0) is 49.6 Å². The molecule has 0 spiro atoms. The smallest absolute Gasteiger partial charge is 0.251 e. The number of hydrogen-bond donors (Lipinski definition) is 2. The van der Waals surface area contributed by atoms with Crippen molar-refractivity contribution < 1.29 is 4.79 Å². The number of halogens is 2. The van der Waals surface area contributed by atoms with E-state index in [-0.39, 0.29) is 24.4 Å². The maximum Gasteiger partial charge on any atom is 0.251 e. The van der Waals surface area contributed by atoms with Gasteiger partial charge in [0.15, 0.2) is 0 Å². The first-order chi connectivity index (χ1) is 8.20. The lowest BCUT2D eigenvalue weighted by molar-refractivity contribution is 0.0929. The summed E-state index contributed by atoms with van der Waals surface area (Å²) < 4.78 is 0. The third kappa shape index (κ3) is 3.61. The fraction of sp³-hybridized carbons (Fsp3) is 0.462. The van der Waals surface area contributed by atoms with Gasteiger partial charge >= 0.3 is 0 Å². The summed E-state index contributed by atoms with van der Waals surface area (Å²) in [6, 6.07) is 7.16. The quantitative estimate of drug-likeness (QED) is 0.898. The lowest BCUT2D eigenvalue weighted by atomic mass is 10.0. The molecule has 1 aliphatic carbocycles. The Morgan fingerprint density at radius 2 is 2.00 bits per heavy atom. The first-order valence-electron chi connectivity index (χ1n) is 5.97. The van der Waals surface area contributed by atoms with Crippen LogP contribution in [-0.4, -0.2) is 18.5 Å². The topological polar surface area (TPSA) is 55.1 Å². The summed E-state index contributed by atoms with van der Waals surface area (Å²) in [7, 11) is 0. The van der Waals surface area contributed by atoms with Gasteiger partial charge in [0.1, 0.15) is 0 Å². The molecule has 1 aromatic carbocycles. The second-order valence-electron chi connectivity index (χ2n) is 4.51. The van der Waals surface area contributed by atoms with Crippen LogP contribution in [0.2, 0.25) is 5.02 Å². The molecule has 0 radical (unpaired) electrons. The number of rotatable bonds is 3. The van der Waals surface area contributed by atoms with Crippen molar-refractivity contribution in [2.75, 3.05) is 6.54 Å². The molecule has 3 N–H and O–H groups in total. The Labute approximate surface area is 118 Å². The summed E-state index contributed by atoms with van der Waals surface area (Å²) in [5.41, 5.74) is 6.34. The van der Waals surface area contributed by atoms with Crippen LogP contribution >= 0.6 is 24.0 Å². The molecule has 1 amide bonds. The van der Waals surface area contributed by atoms with Gasteiger partial charge in [-0.2, -0.15) is 0 Å². The molecule has 0 aromatic heterocycles. The largest absolute Gasteiger partial charge is 0.349 e. The molecular weight excluding hydrogens is 271 g/mol. The third-order valence-electron chi connectivity index (χ3n) is 3.38. The van der Waals surface area contributed by atoms with Gasteiger partial charge in [0.05, 0.1) is 0 Å². The Morgan fingerprint density at radius 3 is 2.61 bits per heavy atom. The van der Waals surface area contributed by atoms with Crippen molar-refractivity contribution in [3.8, 4) is 0 Å². The summed E-state index contributed by atoms with van der Waals surface area (Å²) in [4.78, 5) is 12.0. The van der Waals surface area contributed by atoms with Crippen molar-refractivity contribution in [1.29, 1.82) is 0 Å². The molecule has 1 saturated carbocycles. The zero-order chi connectivity index (χ0) is 12.3. The Balaban J connectivity index is 0.00000162. The van der Waals surface area contributed by atoms with Gasteiger partial charge in [0.2, 0.25) is 0 Å². The average molecular weight is 289 g/mol. The van der Waals surface area contributed by atoms with Crippen molar-refractivity contribution >= 4 is 29.9 Å². The minimum absolute atomic E-state index is 0. The molecule has 2 atom stereocenters. The van der Waals surface area contributed by atoms with E-state index in [4.69, 9.17) is 17.3 Å². The zero-order valence-corrected chi connectivity index (χ0v) is 11.6. The molecular formula is C13H18Cl2N2O. The first kappa shape index (κ1) is 15.3. The zero-order valence-electron chi connectivity index (χ0n) is 10.1. The van der Waals surface area contributed by atoms with Crippen LogP contribution in [-0.2, 0) is 0 Å². The average Bonchev–Trinajstić information content (AvgIpc) is 2.77. The highest BCUT2D eigenvalue weighted by Gasteiger charge is 2.27. The van der Waals surface area contributed by atoms with Crippen LogP contribution in [0.1, 0.15) is 29.6 Å². The van der Waals surface area contributed by atoms with Crippen molar-refractivity contribution in [2.24, 2.45) is 11.7 Å². The number of nitrogens with two attached hydrogens (primary N) is 1. The van der Waals surface area contributed by atoms with E-state index in [0.717, 1.165) is 19.3 Å². The normalized spacial score (nSPS) is 22.3. The van der Waals surface area contributed by atoms with Crippen molar-refractivity contribution in [3.05, 3.63) is 34.9 Å². The SMILES string of the molecule is Cl.NCC1CCCC1NC(=O)c1ccc(Cl)cc1. The standard InChI is InChI=1S/C13H17ClN2O.ClH/c14-11-6-4-9(5-7-11)13(17)16-12-3-1-2-10(12)8-15;/h4-7,10,12H,1-3,8,15H2,(H,16,17);1H. The van der Waals surface area contributed by atoms with E-state index in [0.29, 0.717) is 23.0 Å². The van der Waals surface area contributed by atoms with Gasteiger partial charge in [0.25, 0.3) is 5.91 Å². The predicted octanol–water partition coefficient (Wildman–Crippen LogP) is 2.62. The lowest BCUT2D eigenvalue weighted by Gasteiger charge is -2.19. The minimum Gasteiger partial charge on any atom is -0.349 e. The number of carbonyl (C=O) groups is 1. The van der Waals surface area contributed by atoms with E-state index >= 15 is 0 Å². The Morgan fingerprint density at radius 1 is 1.33 bits per heavy atom. The van der Waals surface area contributed by atoms with Crippen molar-refractivity contribution in [3.63, 3.8) is 0 Å². The summed E-state index contributed by atoms with van der Waals surface area (Å²) in [6.45, 7) is 0.644. The van der Waals surface area contributed by atoms with E-state index < -0.39 is 0 Å². The molecule has 1 aromatic rings. The lowest BCUT2D eigenvalue weighted by Crippen LogP contribution is -2.39. The Bertz CT molecular complexity index is 394. The fourth-order valence-electron chi connectivity index (χ4n) is 2.36. The Kier molecular flexibility index (Phi) is 5.93. The van der Waals surface area contributed by atoms with E-state index in [1.165, 1.54) is 0 Å². The number of hydrogen-bond acceptors (Lipinski definition) is 2. The van der Waals surface area contributed by atoms with E-state index in [1.54, 1.807) is 24.3 Å². The number of carbonyl (C=O) groups excluding carboxylic acids is 1. The molecule has 18 heavy (non-hydrogen) atoms. The van der Waals surface area contributed by atoms with Gasteiger partial charge in [0, 0.05) is 16.6 Å². The molecule has 5 heteroatoms. The minimum atomic E-state index is -0.0352. The summed E-state index contributed by atoms with van der Waals surface area (Å²) in [5.74, 6) is 0.387. The fourth-order valence-corrected chi connectivity index (χ4v) is 2.49. The van der Waals surface area contributed by atoms with Crippen molar-refractivity contribution in [1.82, 2.24) is 5.32 Å². The van der Waals surface area contributed by atoms with Crippen LogP contribution in [0.5, 0.6) is 0 Å². The molecule has 2 rings (SSSR count). The summed E-state index contributed by atoms with van der Waals surface area (Å²) in [6.07, 6.45) is 3.29. The summed E-state index contributed by atoms with van der Waals surface area (Å²) >= 11 is 5.78. The molecule has 0 saturated heterocycles. The van der Waals surface area contributed by atoms with Crippen LogP contribution < -0.4 is 11.1 Å². The van der Waals surface area contributed by atoms with Gasteiger partial charge in [-0.15, -0.1) is 12.4 Å². The second-order valence-corrected chi connectivity index (χ2v) is 4.95. The highest BCUT2D eigenvalue weighted by Crippen LogP contribution is 2.24. The molecule has 1 fully saturated rings. The second kappa shape index (κ2) is 6.98. The van der Waals surface area contributed by atoms with E-state index in [9.17, 15) is 4.79 Å². The number of nitrogens with one attached hydrogen (secondary N) is 1. The molecule has 100 valence electrons. The maximum absolute atomic E-state index is 12.0. The van der Waals surface area contributed by atoms with Crippen molar-refractivity contribution in [2.45, 2.75) is 25.3 Å². The summed E-state index contributed by atoms with van der Waals surface area (Å²) in [5, 5.41) is 3.69. The van der Waals surface area contributed by atoms with Gasteiger partial charge in [-0.25, -0.2) is 0 Å². The van der Waals surface area contributed by atoms with E-state index in [2.05, 4.69) is 5.32 Å². The number of benzene rings is 1. The highest BCUT2D eigenvalue weighted by atomic mass is 35.5. The van der Waals surface area contributed by atoms with Crippen LogP contribution in [0.25, 0.3) is 0 Å². The molecule has 2 unspecified atom stereocenters. The molecule has 0 aliphatic heterocycles. The van der Waals surface area contributed by atoms with Gasteiger partial charge < -0.3 is 11.1 Å². The molecule has 3 nitrogen and oxygen atoms in total. The highest BCUT2D eigenvalue weighted by molar-refractivity contribution is 6.30. The first-order valence-corrected chi connectivity index (χ1v) is 6.35. The predicted molar refractivity (Wildman–Crippen MR) is 76.3 cm³/mol. The van der Waals surface area contributed by atoms with E-state index in [1.807, 2.05) is 0 Å². The van der Waals surface area contributed by atoms with Gasteiger partial charge in [-0.3, -0.25) is 4.79 Å². The monoisotopic (exact) mass is 288 g/mol. The number of amides is 1.